The molecule has 0 aliphatic carbocycles. The van der Waals surface area contributed by atoms with E-state index in [9.17, 15) is 13.5 Å². The van der Waals surface area contributed by atoms with Crippen LogP contribution in [0.5, 0.6) is 0 Å². The summed E-state index contributed by atoms with van der Waals surface area (Å²) >= 11 is 11.7. The van der Waals surface area contributed by atoms with Crippen molar-refractivity contribution in [2.75, 3.05) is 13.1 Å². The van der Waals surface area contributed by atoms with E-state index in [-0.39, 0.29) is 23.0 Å². The second-order valence-corrected chi connectivity index (χ2v) is 7.57. The first-order chi connectivity index (χ1) is 8.78. The molecule has 0 amide bonds. The van der Waals surface area contributed by atoms with E-state index >= 15 is 0 Å². The maximum Gasteiger partial charge on any atom is 0.244 e. The maximum absolute atomic E-state index is 12.4. The number of aliphatic hydroxyl groups is 1. The summed E-state index contributed by atoms with van der Waals surface area (Å²) in [6.45, 7) is 2.15. The van der Waals surface area contributed by atoms with E-state index in [1.807, 2.05) is 6.92 Å². The van der Waals surface area contributed by atoms with Crippen LogP contribution in [0.3, 0.4) is 0 Å². The minimum atomic E-state index is -3.69. The average molecular weight is 324 g/mol. The predicted octanol–water partition coefficient (Wildman–Crippen LogP) is 2.53. The zero-order valence-electron chi connectivity index (χ0n) is 10.4. The van der Waals surface area contributed by atoms with Crippen molar-refractivity contribution >= 4 is 33.2 Å². The topological polar surface area (TPSA) is 57.6 Å². The molecule has 2 rings (SSSR count). The lowest BCUT2D eigenvalue weighted by Crippen LogP contribution is -2.63. The molecule has 1 N–H and O–H groups in total. The van der Waals surface area contributed by atoms with Crippen LogP contribution in [0.25, 0.3) is 0 Å². The molecule has 4 nitrogen and oxygen atoms in total. The molecule has 0 saturated carbocycles. The highest BCUT2D eigenvalue weighted by Gasteiger charge is 2.46. The van der Waals surface area contributed by atoms with Gasteiger partial charge in [-0.1, -0.05) is 36.5 Å². The van der Waals surface area contributed by atoms with Crippen molar-refractivity contribution in [2.24, 2.45) is 0 Å². The molecule has 0 bridgehead atoms. The average Bonchev–Trinajstić information content (AvgIpc) is 2.29. The van der Waals surface area contributed by atoms with Crippen LogP contribution in [0.2, 0.25) is 10.0 Å². The van der Waals surface area contributed by atoms with Crippen molar-refractivity contribution in [3.05, 3.63) is 28.2 Å². The quantitative estimate of drug-likeness (QED) is 0.926. The molecule has 1 aromatic rings. The number of halogens is 2. The summed E-state index contributed by atoms with van der Waals surface area (Å²) < 4.78 is 25.9. The summed E-state index contributed by atoms with van der Waals surface area (Å²) in [4.78, 5) is -0.0137. The van der Waals surface area contributed by atoms with Crippen LogP contribution in [0.1, 0.15) is 19.8 Å². The molecule has 106 valence electrons. The van der Waals surface area contributed by atoms with Gasteiger partial charge in [0.25, 0.3) is 0 Å². The molecule has 19 heavy (non-hydrogen) atoms. The molecular formula is C12H15Cl2NO3S. The van der Waals surface area contributed by atoms with Crippen molar-refractivity contribution < 1.29 is 13.5 Å². The molecule has 1 fully saturated rings. The van der Waals surface area contributed by atoms with E-state index in [4.69, 9.17) is 23.2 Å². The smallest absolute Gasteiger partial charge is 0.244 e. The van der Waals surface area contributed by atoms with Crippen molar-refractivity contribution in [3.63, 3.8) is 0 Å². The summed E-state index contributed by atoms with van der Waals surface area (Å²) in [6, 6.07) is 4.32. The van der Waals surface area contributed by atoms with Crippen molar-refractivity contribution in [1.29, 1.82) is 0 Å². The first kappa shape index (κ1) is 15.1. The molecule has 1 aliphatic heterocycles. The lowest BCUT2D eigenvalue weighted by Gasteiger charge is -2.45. The van der Waals surface area contributed by atoms with Gasteiger partial charge in [0.1, 0.15) is 4.90 Å². The third kappa shape index (κ3) is 2.90. The van der Waals surface area contributed by atoms with Crippen LogP contribution in [0.15, 0.2) is 23.1 Å². The van der Waals surface area contributed by atoms with E-state index in [1.54, 1.807) is 0 Å². The molecule has 7 heteroatoms. The molecule has 1 saturated heterocycles. The Hall–Kier alpha value is -0.330. The Bertz CT molecular complexity index is 583. The van der Waals surface area contributed by atoms with Gasteiger partial charge < -0.3 is 5.11 Å². The summed E-state index contributed by atoms with van der Waals surface area (Å²) in [6.07, 6.45) is 1.39. The van der Waals surface area contributed by atoms with E-state index < -0.39 is 15.6 Å². The lowest BCUT2D eigenvalue weighted by atomic mass is 9.92. The van der Waals surface area contributed by atoms with Gasteiger partial charge in [0.15, 0.2) is 0 Å². The largest absolute Gasteiger partial charge is 0.387 e. The highest BCUT2D eigenvalue weighted by molar-refractivity contribution is 7.89. The van der Waals surface area contributed by atoms with Crippen LogP contribution < -0.4 is 0 Å². The Morgan fingerprint density at radius 2 is 2.00 bits per heavy atom. The minimum absolute atomic E-state index is 0.0137. The summed E-state index contributed by atoms with van der Waals surface area (Å²) in [7, 11) is -3.69. The van der Waals surface area contributed by atoms with E-state index in [0.717, 1.165) is 6.42 Å². The molecular weight excluding hydrogens is 309 g/mol. The molecule has 0 atom stereocenters. The van der Waals surface area contributed by atoms with Crippen LogP contribution in [0, 0.1) is 0 Å². The minimum Gasteiger partial charge on any atom is -0.387 e. The van der Waals surface area contributed by atoms with Gasteiger partial charge in [-0.25, -0.2) is 8.42 Å². The highest BCUT2D eigenvalue weighted by atomic mass is 35.5. The third-order valence-corrected chi connectivity index (χ3v) is 5.68. The fraction of sp³-hybridized carbons (Fsp3) is 0.500. The van der Waals surface area contributed by atoms with Crippen molar-refractivity contribution in [1.82, 2.24) is 4.31 Å². The fourth-order valence-electron chi connectivity index (χ4n) is 2.22. The summed E-state index contributed by atoms with van der Waals surface area (Å²) in [5.41, 5.74) is -0.910. The van der Waals surface area contributed by atoms with Crippen LogP contribution >= 0.6 is 23.2 Å². The van der Waals surface area contributed by atoms with E-state index in [1.165, 1.54) is 22.5 Å². The monoisotopic (exact) mass is 323 g/mol. The van der Waals surface area contributed by atoms with Crippen molar-refractivity contribution in [3.8, 4) is 0 Å². The zero-order chi connectivity index (χ0) is 14.3. The molecule has 0 radical (unpaired) electrons. The SMILES string of the molecule is CCCC1(O)CN(S(=O)(=O)c2cc(Cl)ccc2Cl)C1. The predicted molar refractivity (Wildman–Crippen MR) is 75.1 cm³/mol. The lowest BCUT2D eigenvalue weighted by molar-refractivity contribution is -0.0653. The normalized spacial score (nSPS) is 19.2. The number of rotatable bonds is 4. The fourth-order valence-corrected chi connectivity index (χ4v) is 4.55. The number of hydrogen-bond acceptors (Lipinski definition) is 3. The van der Waals surface area contributed by atoms with Crippen LogP contribution in [-0.4, -0.2) is 36.5 Å². The number of β-amino-alcohol motifs (C(OH)–C–C–N with tert-alkyl or cyclic N) is 1. The van der Waals surface area contributed by atoms with Gasteiger partial charge in [-0.3, -0.25) is 0 Å². The molecule has 1 heterocycles. The molecule has 0 unspecified atom stereocenters. The van der Waals surface area contributed by atoms with E-state index in [0.29, 0.717) is 11.4 Å². The number of nitrogens with zero attached hydrogens (tertiary/aromatic N) is 1. The zero-order valence-corrected chi connectivity index (χ0v) is 12.8. The molecule has 0 aromatic heterocycles. The van der Waals surface area contributed by atoms with Gasteiger partial charge in [-0.05, 0) is 24.6 Å². The third-order valence-electron chi connectivity index (χ3n) is 3.17. The second kappa shape index (κ2) is 5.22. The first-order valence-electron chi connectivity index (χ1n) is 5.96. The summed E-state index contributed by atoms with van der Waals surface area (Å²) in [5.74, 6) is 0. The number of benzene rings is 1. The first-order valence-corrected chi connectivity index (χ1v) is 8.16. The van der Waals surface area contributed by atoms with Gasteiger partial charge in [0, 0.05) is 18.1 Å². The van der Waals surface area contributed by atoms with Crippen LogP contribution in [-0.2, 0) is 10.0 Å². The standard InChI is InChI=1S/C12H15Cl2NO3S/c1-2-5-12(16)7-15(8-12)19(17,18)11-6-9(13)3-4-10(11)14/h3-4,6,16H,2,5,7-8H2,1H3. The van der Waals surface area contributed by atoms with Gasteiger partial charge in [0.05, 0.1) is 10.6 Å². The van der Waals surface area contributed by atoms with Crippen molar-refractivity contribution in [2.45, 2.75) is 30.3 Å². The van der Waals surface area contributed by atoms with Gasteiger partial charge >= 0.3 is 0 Å². The number of hydrogen-bond donors (Lipinski definition) is 1. The van der Waals surface area contributed by atoms with Gasteiger partial charge in [-0.2, -0.15) is 4.31 Å². The molecule has 0 spiro atoms. The maximum atomic E-state index is 12.4. The molecule has 1 aliphatic rings. The Morgan fingerprint density at radius 1 is 1.37 bits per heavy atom. The van der Waals surface area contributed by atoms with Gasteiger partial charge in [-0.15, -0.1) is 0 Å². The van der Waals surface area contributed by atoms with Gasteiger partial charge in [0.2, 0.25) is 10.0 Å². The Balaban J connectivity index is 2.24. The Morgan fingerprint density at radius 3 is 2.58 bits per heavy atom. The summed E-state index contributed by atoms with van der Waals surface area (Å²) in [5, 5.41) is 10.5. The highest BCUT2D eigenvalue weighted by Crippen LogP contribution is 2.34. The Labute approximate surface area is 123 Å². The second-order valence-electron chi connectivity index (χ2n) is 4.82. The Kier molecular flexibility index (Phi) is 4.14. The molecule has 1 aromatic carbocycles. The van der Waals surface area contributed by atoms with Crippen LogP contribution in [0.4, 0.5) is 0 Å². The van der Waals surface area contributed by atoms with E-state index in [2.05, 4.69) is 0 Å². The number of sulfonamides is 1.